The number of aromatic nitrogens is 1. The van der Waals surface area contributed by atoms with Gasteiger partial charge in [-0.15, -0.1) is 0 Å². The first-order valence-electron chi connectivity index (χ1n) is 15.3. The number of rotatable bonds is 11. The molecule has 0 spiro atoms. The van der Waals surface area contributed by atoms with Crippen LogP contribution in [-0.4, -0.2) is 68.6 Å². The fourth-order valence-corrected chi connectivity index (χ4v) is 7.08. The molecular weight excluding hydrogens is 619 g/mol. The van der Waals surface area contributed by atoms with E-state index < -0.39 is 29.2 Å². The summed E-state index contributed by atoms with van der Waals surface area (Å²) in [6, 6.07) is 17.0. The maximum Gasteiger partial charge on any atom is 0.422 e. The summed E-state index contributed by atoms with van der Waals surface area (Å²) in [7, 11) is 1.45. The lowest BCUT2D eigenvalue weighted by atomic mass is 9.89. The van der Waals surface area contributed by atoms with Crippen molar-refractivity contribution in [3.63, 3.8) is 0 Å². The van der Waals surface area contributed by atoms with Crippen molar-refractivity contribution in [2.45, 2.75) is 68.6 Å². The van der Waals surface area contributed by atoms with Gasteiger partial charge in [0.1, 0.15) is 6.10 Å². The molecule has 47 heavy (non-hydrogen) atoms. The standard InChI is InChI=1S/C34H34F3N3O7/c1-46-31-13-22(14-32(41)42)7-12-30(31)47-26-15-23-8-9-24(16-26)39(23)20-33(43,34(35,36)37)28-19-38(18-21-5-3-2-4-6-21)29-17-25(40(44)45)10-11-27(28)29/h2-7,10-13,17,19,23-24,26,43H,8-9,14-16,18,20H2,1H3,(H,41,42). The number of carboxylic acid groups (broad SMARTS) is 1. The van der Waals surface area contributed by atoms with Crippen LogP contribution in [0.4, 0.5) is 18.9 Å². The van der Waals surface area contributed by atoms with Crippen LogP contribution in [0.1, 0.15) is 42.4 Å². The topological polar surface area (TPSA) is 127 Å². The number of non-ortho nitro benzene ring substituents is 1. The largest absolute Gasteiger partial charge is 0.493 e. The molecule has 2 aliphatic heterocycles. The lowest BCUT2D eigenvalue weighted by Gasteiger charge is -2.43. The molecule has 3 atom stereocenters. The molecule has 2 fully saturated rings. The van der Waals surface area contributed by atoms with E-state index in [1.165, 1.54) is 30.0 Å². The minimum atomic E-state index is -5.06. The van der Waals surface area contributed by atoms with Crippen molar-refractivity contribution in [1.29, 1.82) is 0 Å². The molecule has 3 aromatic carbocycles. The SMILES string of the molecule is COc1cc(CC(=O)O)ccc1OC1CC2CCC(C1)N2CC(O)(c1cn(Cc2ccccc2)c2cc([N+](=O)[O-])ccc12)C(F)(F)F. The summed E-state index contributed by atoms with van der Waals surface area (Å²) in [5, 5.41) is 32.5. The molecule has 13 heteroatoms. The quantitative estimate of drug-likeness (QED) is 0.148. The summed E-state index contributed by atoms with van der Waals surface area (Å²) in [4.78, 5) is 23.8. The second-order valence-corrected chi connectivity index (χ2v) is 12.3. The van der Waals surface area contributed by atoms with E-state index in [2.05, 4.69) is 0 Å². The number of aliphatic carboxylic acids is 1. The first-order chi connectivity index (χ1) is 22.4. The van der Waals surface area contributed by atoms with Gasteiger partial charge in [-0.05, 0) is 55.0 Å². The van der Waals surface area contributed by atoms with Gasteiger partial charge in [0.25, 0.3) is 5.69 Å². The van der Waals surface area contributed by atoms with E-state index >= 15 is 13.2 Å². The molecular formula is C34H34F3N3O7. The van der Waals surface area contributed by atoms with Crippen molar-refractivity contribution in [3.8, 4) is 11.5 Å². The summed E-state index contributed by atoms with van der Waals surface area (Å²) in [5.41, 5.74) is -2.33. The van der Waals surface area contributed by atoms with Gasteiger partial charge >= 0.3 is 12.1 Å². The second kappa shape index (κ2) is 12.5. The Morgan fingerprint density at radius 1 is 1.00 bits per heavy atom. The highest BCUT2D eigenvalue weighted by Gasteiger charge is 2.59. The van der Waals surface area contributed by atoms with Crippen LogP contribution in [0.2, 0.25) is 0 Å². The monoisotopic (exact) mass is 653 g/mol. The third-order valence-electron chi connectivity index (χ3n) is 9.32. The highest BCUT2D eigenvalue weighted by Crippen LogP contribution is 2.47. The number of nitro groups is 1. The molecule has 2 N–H and O–H groups in total. The Hall–Kier alpha value is -4.62. The molecule has 6 rings (SSSR count). The van der Waals surface area contributed by atoms with E-state index in [4.69, 9.17) is 14.6 Å². The van der Waals surface area contributed by atoms with Gasteiger partial charge in [0.05, 0.1) is 24.0 Å². The number of benzene rings is 3. The van der Waals surface area contributed by atoms with Crippen LogP contribution in [0.3, 0.4) is 0 Å². The van der Waals surface area contributed by atoms with Crippen LogP contribution < -0.4 is 9.47 Å². The highest BCUT2D eigenvalue weighted by molar-refractivity contribution is 5.87. The number of hydrogen-bond acceptors (Lipinski definition) is 7. The molecule has 0 radical (unpaired) electrons. The number of nitro benzene ring substituents is 1. The van der Waals surface area contributed by atoms with Crippen LogP contribution in [-0.2, 0) is 23.4 Å². The molecule has 3 unspecified atom stereocenters. The Labute approximate surface area is 268 Å². The molecule has 248 valence electrons. The lowest BCUT2D eigenvalue weighted by Crippen LogP contribution is -2.56. The van der Waals surface area contributed by atoms with Crippen molar-refractivity contribution in [2.75, 3.05) is 13.7 Å². The van der Waals surface area contributed by atoms with Gasteiger partial charge in [-0.1, -0.05) is 36.4 Å². The molecule has 1 aromatic heterocycles. The Morgan fingerprint density at radius 3 is 2.32 bits per heavy atom. The minimum Gasteiger partial charge on any atom is -0.493 e. The first-order valence-corrected chi connectivity index (χ1v) is 15.3. The smallest absolute Gasteiger partial charge is 0.422 e. The van der Waals surface area contributed by atoms with Crippen molar-refractivity contribution in [1.82, 2.24) is 9.47 Å². The molecule has 4 aromatic rings. The summed E-state index contributed by atoms with van der Waals surface area (Å²) in [5.74, 6) is -0.186. The number of aliphatic hydroxyl groups is 1. The summed E-state index contributed by atoms with van der Waals surface area (Å²) in [6.07, 6.45) is -2.17. The zero-order valence-corrected chi connectivity index (χ0v) is 25.5. The van der Waals surface area contributed by atoms with Crippen LogP contribution in [0.5, 0.6) is 11.5 Å². The van der Waals surface area contributed by atoms with Crippen molar-refractivity contribution in [2.24, 2.45) is 0 Å². The minimum absolute atomic E-state index is 0.0929. The summed E-state index contributed by atoms with van der Waals surface area (Å²) >= 11 is 0. The van der Waals surface area contributed by atoms with Gasteiger partial charge in [0.2, 0.25) is 5.60 Å². The second-order valence-electron chi connectivity index (χ2n) is 12.3. The molecule has 0 saturated carbocycles. The maximum absolute atomic E-state index is 15.1. The average Bonchev–Trinajstić information content (AvgIpc) is 3.49. The van der Waals surface area contributed by atoms with E-state index in [-0.39, 0.29) is 53.3 Å². The van der Waals surface area contributed by atoms with Crippen LogP contribution in [0.25, 0.3) is 10.9 Å². The predicted octanol–water partition coefficient (Wildman–Crippen LogP) is 6.06. The Balaban J connectivity index is 1.29. The highest BCUT2D eigenvalue weighted by atomic mass is 19.4. The molecule has 10 nitrogen and oxygen atoms in total. The number of fused-ring (bicyclic) bond motifs is 3. The van der Waals surface area contributed by atoms with Crippen LogP contribution in [0, 0.1) is 10.1 Å². The number of halogens is 3. The number of piperidine rings is 1. The fourth-order valence-electron chi connectivity index (χ4n) is 7.08. The van der Waals surface area contributed by atoms with Gasteiger partial charge < -0.3 is 24.3 Å². The normalized spacial score (nSPS) is 21.0. The number of nitrogens with zero attached hydrogens (tertiary/aromatic N) is 3. The number of carboxylic acids is 1. The van der Waals surface area contributed by atoms with Gasteiger partial charge in [-0.2, -0.15) is 13.2 Å². The first kappa shape index (κ1) is 32.3. The number of hydrogen-bond donors (Lipinski definition) is 2. The van der Waals surface area contributed by atoms with E-state index in [0.717, 1.165) is 11.6 Å². The number of alkyl halides is 3. The molecule has 3 heterocycles. The number of methoxy groups -OCH3 is 1. The van der Waals surface area contributed by atoms with Crippen LogP contribution >= 0.6 is 0 Å². The average molecular weight is 654 g/mol. The van der Waals surface area contributed by atoms with E-state index in [1.807, 2.05) is 18.2 Å². The Morgan fingerprint density at radius 2 is 1.70 bits per heavy atom. The Kier molecular flexibility index (Phi) is 8.62. The van der Waals surface area contributed by atoms with E-state index in [1.54, 1.807) is 35.2 Å². The summed E-state index contributed by atoms with van der Waals surface area (Å²) in [6.45, 7) is -0.547. The predicted molar refractivity (Wildman–Crippen MR) is 166 cm³/mol. The van der Waals surface area contributed by atoms with Crippen molar-refractivity contribution in [3.05, 3.63) is 99.7 Å². The third kappa shape index (κ3) is 6.37. The molecule has 0 amide bonds. The van der Waals surface area contributed by atoms with Crippen molar-refractivity contribution < 1.29 is 42.6 Å². The van der Waals surface area contributed by atoms with Crippen LogP contribution in [0.15, 0.2) is 72.9 Å². The van der Waals surface area contributed by atoms with Gasteiger partial charge in [-0.25, -0.2) is 0 Å². The summed E-state index contributed by atoms with van der Waals surface area (Å²) < 4.78 is 58.4. The van der Waals surface area contributed by atoms with E-state index in [9.17, 15) is 20.0 Å². The number of ether oxygens (including phenoxy) is 2. The van der Waals surface area contributed by atoms with Gasteiger partial charge in [0, 0.05) is 54.5 Å². The molecule has 2 bridgehead atoms. The van der Waals surface area contributed by atoms with E-state index in [0.29, 0.717) is 42.7 Å². The number of carbonyl (C=O) groups is 1. The third-order valence-corrected chi connectivity index (χ3v) is 9.32. The fraction of sp³-hybridized carbons (Fsp3) is 0.382. The zero-order valence-electron chi connectivity index (χ0n) is 25.5. The zero-order chi connectivity index (χ0) is 33.5. The molecule has 2 saturated heterocycles. The molecule has 0 aliphatic carbocycles. The Bertz CT molecular complexity index is 1780. The van der Waals surface area contributed by atoms with Crippen molar-refractivity contribution >= 4 is 22.6 Å². The lowest BCUT2D eigenvalue weighted by molar-refractivity contribution is -0.384. The van der Waals surface area contributed by atoms with Gasteiger partial charge in [-0.3, -0.25) is 19.8 Å². The van der Waals surface area contributed by atoms with Gasteiger partial charge in [0.15, 0.2) is 11.5 Å². The molecule has 2 aliphatic rings. The maximum atomic E-state index is 15.1.